The Labute approximate surface area is 201 Å². The molecule has 0 radical (unpaired) electrons. The predicted octanol–water partition coefficient (Wildman–Crippen LogP) is 3.97. The fraction of sp³-hybridized carbons (Fsp3) is 0.160. The van der Waals surface area contributed by atoms with Crippen LogP contribution >= 0.6 is 11.6 Å². The van der Waals surface area contributed by atoms with E-state index < -0.39 is 11.8 Å². The number of hydrazine groups is 1. The minimum Gasteiger partial charge on any atom is -0.493 e. The molecule has 8 nitrogen and oxygen atoms in total. The van der Waals surface area contributed by atoms with Crippen molar-refractivity contribution in [1.29, 1.82) is 0 Å². The van der Waals surface area contributed by atoms with Crippen LogP contribution in [0.5, 0.6) is 17.2 Å². The van der Waals surface area contributed by atoms with Crippen molar-refractivity contribution in [3.05, 3.63) is 88.4 Å². The summed E-state index contributed by atoms with van der Waals surface area (Å²) in [6.45, 7) is 1.40. The van der Waals surface area contributed by atoms with Crippen molar-refractivity contribution >= 4 is 29.2 Å². The molecular weight excluding hydrogens is 460 g/mol. The van der Waals surface area contributed by atoms with Gasteiger partial charge in [0.25, 0.3) is 11.8 Å². The van der Waals surface area contributed by atoms with Gasteiger partial charge in [0, 0.05) is 16.1 Å². The molecule has 2 amide bonds. The highest BCUT2D eigenvalue weighted by molar-refractivity contribution is 6.30. The molecule has 0 aliphatic heterocycles. The SMILES string of the molecule is COc1cc(C(C)=O)ccc1OCC(=O)NNC(=O)c1ccc(COc2ccc(Cl)cc2)cc1. The van der Waals surface area contributed by atoms with Crippen molar-refractivity contribution < 1.29 is 28.6 Å². The topological polar surface area (TPSA) is 103 Å². The van der Waals surface area contributed by atoms with Crippen molar-refractivity contribution in [2.24, 2.45) is 0 Å². The molecule has 3 aromatic carbocycles. The molecule has 0 aliphatic rings. The van der Waals surface area contributed by atoms with E-state index >= 15 is 0 Å². The van der Waals surface area contributed by atoms with Crippen molar-refractivity contribution in [2.75, 3.05) is 13.7 Å². The zero-order valence-corrected chi connectivity index (χ0v) is 19.3. The average Bonchev–Trinajstić information content (AvgIpc) is 2.85. The van der Waals surface area contributed by atoms with Crippen molar-refractivity contribution in [1.82, 2.24) is 10.9 Å². The Morgan fingerprint density at radius 1 is 0.824 bits per heavy atom. The molecule has 0 aliphatic carbocycles. The quantitative estimate of drug-likeness (QED) is 0.353. The summed E-state index contributed by atoms with van der Waals surface area (Å²) in [6, 6.07) is 18.4. The Hall–Kier alpha value is -4.04. The maximum absolute atomic E-state index is 12.3. The van der Waals surface area contributed by atoms with Gasteiger partial charge in [-0.2, -0.15) is 0 Å². The van der Waals surface area contributed by atoms with Gasteiger partial charge in [0.15, 0.2) is 23.9 Å². The molecule has 34 heavy (non-hydrogen) atoms. The molecule has 9 heteroatoms. The van der Waals surface area contributed by atoms with Gasteiger partial charge in [-0.05, 0) is 67.1 Å². The normalized spacial score (nSPS) is 10.2. The van der Waals surface area contributed by atoms with Crippen LogP contribution in [0.1, 0.15) is 33.2 Å². The average molecular weight is 483 g/mol. The lowest BCUT2D eigenvalue weighted by molar-refractivity contribution is -0.123. The van der Waals surface area contributed by atoms with Crippen molar-refractivity contribution in [3.63, 3.8) is 0 Å². The maximum Gasteiger partial charge on any atom is 0.276 e. The summed E-state index contributed by atoms with van der Waals surface area (Å²) in [5, 5.41) is 0.629. The zero-order chi connectivity index (χ0) is 24.5. The Morgan fingerprint density at radius 3 is 2.15 bits per heavy atom. The van der Waals surface area contributed by atoms with E-state index in [-0.39, 0.29) is 12.4 Å². The van der Waals surface area contributed by atoms with Gasteiger partial charge in [-0.15, -0.1) is 0 Å². The Bertz CT molecular complexity index is 1160. The summed E-state index contributed by atoms with van der Waals surface area (Å²) in [5.74, 6) is 0.131. The second-order valence-corrected chi connectivity index (χ2v) is 7.59. The monoisotopic (exact) mass is 482 g/mol. The number of carbonyl (C=O) groups excluding carboxylic acids is 3. The summed E-state index contributed by atoms with van der Waals surface area (Å²) in [5.41, 5.74) is 6.31. The molecule has 0 spiro atoms. The van der Waals surface area contributed by atoms with E-state index in [0.29, 0.717) is 40.0 Å². The number of hydrogen-bond donors (Lipinski definition) is 2. The minimum absolute atomic E-state index is 0.118. The number of Topliss-reactive ketones (excluding diaryl/α,β-unsaturated/α-hetero) is 1. The van der Waals surface area contributed by atoms with Crippen LogP contribution in [0.25, 0.3) is 0 Å². The molecule has 3 aromatic rings. The van der Waals surface area contributed by atoms with Crippen LogP contribution in [-0.4, -0.2) is 31.3 Å². The first-order valence-corrected chi connectivity index (χ1v) is 10.6. The molecule has 0 saturated carbocycles. The first-order valence-electron chi connectivity index (χ1n) is 10.2. The molecule has 0 bridgehead atoms. The molecule has 0 heterocycles. The third-order valence-corrected chi connectivity index (χ3v) is 4.93. The van der Waals surface area contributed by atoms with E-state index in [2.05, 4.69) is 10.9 Å². The summed E-state index contributed by atoms with van der Waals surface area (Å²) in [7, 11) is 1.43. The number of carbonyl (C=O) groups is 3. The number of ketones is 1. The third-order valence-electron chi connectivity index (χ3n) is 4.68. The number of hydrogen-bond acceptors (Lipinski definition) is 6. The van der Waals surface area contributed by atoms with E-state index in [1.54, 1.807) is 60.7 Å². The lowest BCUT2D eigenvalue weighted by atomic mass is 10.1. The number of rotatable bonds is 9. The van der Waals surface area contributed by atoms with Gasteiger partial charge in [0.1, 0.15) is 12.4 Å². The van der Waals surface area contributed by atoms with Crippen LogP contribution in [0.3, 0.4) is 0 Å². The van der Waals surface area contributed by atoms with Gasteiger partial charge in [-0.3, -0.25) is 25.2 Å². The van der Waals surface area contributed by atoms with E-state index in [4.69, 9.17) is 25.8 Å². The van der Waals surface area contributed by atoms with E-state index in [1.807, 2.05) is 0 Å². The second kappa shape index (κ2) is 11.7. The fourth-order valence-corrected chi connectivity index (χ4v) is 2.96. The smallest absolute Gasteiger partial charge is 0.276 e. The molecule has 0 fully saturated rings. The largest absolute Gasteiger partial charge is 0.493 e. The minimum atomic E-state index is -0.570. The van der Waals surface area contributed by atoms with Crippen LogP contribution < -0.4 is 25.1 Å². The highest BCUT2D eigenvalue weighted by atomic mass is 35.5. The number of amides is 2. The lowest BCUT2D eigenvalue weighted by Crippen LogP contribution is -2.43. The van der Waals surface area contributed by atoms with Gasteiger partial charge in [0.05, 0.1) is 7.11 Å². The molecule has 0 unspecified atom stereocenters. The summed E-state index contributed by atoms with van der Waals surface area (Å²) in [4.78, 5) is 35.8. The van der Waals surface area contributed by atoms with Crippen LogP contribution in [-0.2, 0) is 11.4 Å². The number of methoxy groups -OCH3 is 1. The number of halogens is 1. The first kappa shape index (κ1) is 24.6. The van der Waals surface area contributed by atoms with E-state index in [1.165, 1.54) is 20.1 Å². The molecule has 0 atom stereocenters. The fourth-order valence-electron chi connectivity index (χ4n) is 2.83. The standard InChI is InChI=1S/C25H23ClN2O6/c1-16(29)19-7-12-22(23(13-19)32-2)34-15-24(30)27-28-25(31)18-5-3-17(4-6-18)14-33-21-10-8-20(26)9-11-21/h3-13H,14-15H2,1-2H3,(H,27,30)(H,28,31). The number of benzene rings is 3. The highest BCUT2D eigenvalue weighted by Gasteiger charge is 2.12. The summed E-state index contributed by atoms with van der Waals surface area (Å²) < 4.78 is 16.3. The van der Waals surface area contributed by atoms with E-state index in [0.717, 1.165) is 5.56 Å². The Morgan fingerprint density at radius 2 is 1.50 bits per heavy atom. The number of ether oxygens (including phenoxy) is 3. The maximum atomic E-state index is 12.3. The van der Waals surface area contributed by atoms with Crippen LogP contribution in [0.2, 0.25) is 5.02 Å². The van der Waals surface area contributed by atoms with Crippen molar-refractivity contribution in [2.45, 2.75) is 13.5 Å². The predicted molar refractivity (Wildman–Crippen MR) is 126 cm³/mol. The third kappa shape index (κ3) is 6.98. The Balaban J connectivity index is 1.45. The van der Waals surface area contributed by atoms with E-state index in [9.17, 15) is 14.4 Å². The molecular formula is C25H23ClN2O6. The molecule has 2 N–H and O–H groups in total. The van der Waals surface area contributed by atoms with Crippen LogP contribution in [0.4, 0.5) is 0 Å². The first-order chi connectivity index (χ1) is 16.4. The highest BCUT2D eigenvalue weighted by Crippen LogP contribution is 2.28. The van der Waals surface area contributed by atoms with Gasteiger partial charge in [-0.25, -0.2) is 0 Å². The Kier molecular flexibility index (Phi) is 8.48. The zero-order valence-electron chi connectivity index (χ0n) is 18.6. The molecule has 0 aromatic heterocycles. The van der Waals surface area contributed by atoms with Gasteiger partial charge in [-0.1, -0.05) is 23.7 Å². The molecule has 0 saturated heterocycles. The van der Waals surface area contributed by atoms with Crippen molar-refractivity contribution in [3.8, 4) is 17.2 Å². The molecule has 3 rings (SSSR count). The summed E-state index contributed by atoms with van der Waals surface area (Å²) >= 11 is 5.85. The van der Waals surface area contributed by atoms with Gasteiger partial charge < -0.3 is 14.2 Å². The number of nitrogens with one attached hydrogen (secondary N) is 2. The molecule has 176 valence electrons. The van der Waals surface area contributed by atoms with Crippen LogP contribution in [0, 0.1) is 0 Å². The van der Waals surface area contributed by atoms with Gasteiger partial charge in [0.2, 0.25) is 0 Å². The lowest BCUT2D eigenvalue weighted by Gasteiger charge is -2.12. The van der Waals surface area contributed by atoms with Gasteiger partial charge >= 0.3 is 0 Å². The second-order valence-electron chi connectivity index (χ2n) is 7.15. The van der Waals surface area contributed by atoms with Crippen LogP contribution in [0.15, 0.2) is 66.7 Å². The summed E-state index contributed by atoms with van der Waals surface area (Å²) in [6.07, 6.45) is 0.